The average Bonchev–Trinajstić information content (AvgIpc) is 2.53. The van der Waals surface area contributed by atoms with Crippen molar-refractivity contribution in [1.29, 1.82) is 0 Å². The van der Waals surface area contributed by atoms with Gasteiger partial charge in [-0.15, -0.1) is 0 Å². The normalized spacial score (nSPS) is 11.2. The van der Waals surface area contributed by atoms with Crippen molar-refractivity contribution in [3.63, 3.8) is 0 Å². The molecule has 0 aliphatic carbocycles. The second-order valence-corrected chi connectivity index (χ2v) is 7.08. The molecule has 0 aliphatic heterocycles. The highest BCUT2D eigenvalue weighted by molar-refractivity contribution is 7.92. The molecule has 2 aromatic carbocycles. The summed E-state index contributed by atoms with van der Waals surface area (Å²) in [6, 6.07) is 12.6. The quantitative estimate of drug-likeness (QED) is 0.624. The van der Waals surface area contributed by atoms with Gasteiger partial charge in [0.15, 0.2) is 0 Å². The summed E-state index contributed by atoms with van der Waals surface area (Å²) in [7, 11) is -3.73. The zero-order chi connectivity index (χ0) is 16.9. The molecule has 2 rings (SSSR count). The lowest BCUT2D eigenvalue weighted by Crippen LogP contribution is -2.32. The van der Waals surface area contributed by atoms with E-state index in [1.54, 1.807) is 36.4 Å². The van der Waals surface area contributed by atoms with Crippen LogP contribution in [0.3, 0.4) is 0 Å². The van der Waals surface area contributed by atoms with Gasteiger partial charge in [0.25, 0.3) is 10.0 Å². The highest BCUT2D eigenvalue weighted by Gasteiger charge is 2.24. The predicted molar refractivity (Wildman–Crippen MR) is 89.1 cm³/mol. The van der Waals surface area contributed by atoms with Gasteiger partial charge in [0.05, 0.1) is 10.6 Å². The van der Waals surface area contributed by atoms with E-state index in [9.17, 15) is 18.3 Å². The minimum atomic E-state index is -3.73. The SMILES string of the molecule is Cc1ccc(S(=O)(=O)N(CCCC=O)c2ccc(O)cc2)cc1. The first-order valence-corrected chi connectivity index (χ1v) is 8.71. The van der Waals surface area contributed by atoms with Crippen LogP contribution in [0.2, 0.25) is 0 Å². The highest BCUT2D eigenvalue weighted by Crippen LogP contribution is 2.26. The molecule has 23 heavy (non-hydrogen) atoms. The number of aryl methyl sites for hydroxylation is 1. The number of rotatable bonds is 7. The second-order valence-electron chi connectivity index (χ2n) is 5.22. The smallest absolute Gasteiger partial charge is 0.264 e. The number of aldehydes is 1. The van der Waals surface area contributed by atoms with E-state index in [4.69, 9.17) is 0 Å². The van der Waals surface area contributed by atoms with E-state index in [1.807, 2.05) is 6.92 Å². The molecular weight excluding hydrogens is 314 g/mol. The van der Waals surface area contributed by atoms with Crippen LogP contribution in [0.1, 0.15) is 18.4 Å². The standard InChI is InChI=1S/C17H19NO4S/c1-14-4-10-17(11-5-14)23(21,22)18(12-2-3-13-19)15-6-8-16(20)9-7-15/h4-11,13,20H,2-3,12H2,1H3. The number of anilines is 1. The molecule has 0 heterocycles. The van der Waals surface area contributed by atoms with Gasteiger partial charge in [0.2, 0.25) is 0 Å². The molecule has 0 amide bonds. The summed E-state index contributed by atoms with van der Waals surface area (Å²) in [4.78, 5) is 10.7. The van der Waals surface area contributed by atoms with Gasteiger partial charge in [-0.05, 0) is 49.7 Å². The van der Waals surface area contributed by atoms with Gasteiger partial charge in [-0.1, -0.05) is 17.7 Å². The Kier molecular flexibility index (Phi) is 5.39. The zero-order valence-electron chi connectivity index (χ0n) is 12.8. The lowest BCUT2D eigenvalue weighted by molar-refractivity contribution is -0.107. The van der Waals surface area contributed by atoms with E-state index >= 15 is 0 Å². The number of nitrogens with zero attached hydrogens (tertiary/aromatic N) is 1. The molecule has 0 aliphatic rings. The maximum absolute atomic E-state index is 12.9. The first-order chi connectivity index (χ1) is 10.9. The Morgan fingerprint density at radius 1 is 1.04 bits per heavy atom. The van der Waals surface area contributed by atoms with Crippen LogP contribution in [0.5, 0.6) is 5.75 Å². The summed E-state index contributed by atoms with van der Waals surface area (Å²) in [6.07, 6.45) is 1.49. The van der Waals surface area contributed by atoms with Crippen molar-refractivity contribution in [2.75, 3.05) is 10.8 Å². The van der Waals surface area contributed by atoms with Crippen LogP contribution in [0.4, 0.5) is 5.69 Å². The van der Waals surface area contributed by atoms with Crippen molar-refractivity contribution in [3.05, 3.63) is 54.1 Å². The minimum absolute atomic E-state index is 0.0642. The van der Waals surface area contributed by atoms with E-state index < -0.39 is 10.0 Å². The van der Waals surface area contributed by atoms with Crippen molar-refractivity contribution < 1.29 is 18.3 Å². The van der Waals surface area contributed by atoms with Crippen molar-refractivity contribution in [2.24, 2.45) is 0 Å². The number of benzene rings is 2. The van der Waals surface area contributed by atoms with Crippen LogP contribution in [0.15, 0.2) is 53.4 Å². The van der Waals surface area contributed by atoms with Crippen molar-refractivity contribution in [2.45, 2.75) is 24.7 Å². The van der Waals surface area contributed by atoms with E-state index in [0.717, 1.165) is 11.8 Å². The van der Waals surface area contributed by atoms with E-state index in [1.165, 1.54) is 16.4 Å². The third-order valence-electron chi connectivity index (χ3n) is 3.43. The molecule has 0 saturated carbocycles. The lowest BCUT2D eigenvalue weighted by atomic mass is 10.2. The number of carbonyl (C=O) groups excluding carboxylic acids is 1. The molecule has 0 unspecified atom stereocenters. The Morgan fingerprint density at radius 2 is 1.65 bits per heavy atom. The first-order valence-electron chi connectivity index (χ1n) is 7.27. The number of phenolic OH excluding ortho intramolecular Hbond substituents is 1. The van der Waals surface area contributed by atoms with Crippen molar-refractivity contribution in [3.8, 4) is 5.75 Å². The molecule has 1 N–H and O–H groups in total. The number of hydrogen-bond acceptors (Lipinski definition) is 4. The van der Waals surface area contributed by atoms with Crippen LogP contribution in [-0.4, -0.2) is 26.4 Å². The number of aromatic hydroxyl groups is 1. The fraction of sp³-hybridized carbons (Fsp3) is 0.235. The van der Waals surface area contributed by atoms with Gasteiger partial charge < -0.3 is 9.90 Å². The fourth-order valence-corrected chi connectivity index (χ4v) is 3.67. The van der Waals surface area contributed by atoms with Crippen LogP contribution in [0.25, 0.3) is 0 Å². The number of sulfonamides is 1. The molecule has 0 saturated heterocycles. The van der Waals surface area contributed by atoms with Gasteiger partial charge in [-0.2, -0.15) is 0 Å². The molecule has 0 aromatic heterocycles. The van der Waals surface area contributed by atoms with Crippen molar-refractivity contribution in [1.82, 2.24) is 0 Å². The summed E-state index contributed by atoms with van der Waals surface area (Å²) in [6.45, 7) is 2.08. The van der Waals surface area contributed by atoms with Crippen LogP contribution in [-0.2, 0) is 14.8 Å². The summed E-state index contributed by atoms with van der Waals surface area (Å²) in [5.41, 5.74) is 1.43. The average molecular weight is 333 g/mol. The largest absolute Gasteiger partial charge is 0.508 e. The van der Waals surface area contributed by atoms with Gasteiger partial charge >= 0.3 is 0 Å². The van der Waals surface area contributed by atoms with Gasteiger partial charge in [-0.3, -0.25) is 4.31 Å². The topological polar surface area (TPSA) is 74.7 Å². The Balaban J connectivity index is 2.40. The predicted octanol–water partition coefficient (Wildman–Crippen LogP) is 2.88. The fourth-order valence-electron chi connectivity index (χ4n) is 2.16. The second kappa shape index (κ2) is 7.28. The summed E-state index contributed by atoms with van der Waals surface area (Å²) in [5.74, 6) is 0.0642. The van der Waals surface area contributed by atoms with Crippen molar-refractivity contribution >= 4 is 22.0 Å². The third-order valence-corrected chi connectivity index (χ3v) is 5.27. The van der Waals surface area contributed by atoms with Crippen LogP contribution >= 0.6 is 0 Å². The Bertz CT molecular complexity index is 752. The van der Waals surface area contributed by atoms with Gasteiger partial charge in [0, 0.05) is 13.0 Å². The minimum Gasteiger partial charge on any atom is -0.508 e. The van der Waals surface area contributed by atoms with Crippen LogP contribution in [0, 0.1) is 6.92 Å². The Hall–Kier alpha value is -2.34. The van der Waals surface area contributed by atoms with Gasteiger partial charge in [-0.25, -0.2) is 8.42 Å². The molecule has 2 aromatic rings. The number of unbranched alkanes of at least 4 members (excludes halogenated alkanes) is 1. The lowest BCUT2D eigenvalue weighted by Gasteiger charge is -2.24. The van der Waals surface area contributed by atoms with E-state index in [0.29, 0.717) is 12.1 Å². The number of hydrogen-bond donors (Lipinski definition) is 1. The van der Waals surface area contributed by atoms with E-state index in [-0.39, 0.29) is 23.6 Å². The Morgan fingerprint density at radius 3 is 2.22 bits per heavy atom. The Labute approximate surface area is 136 Å². The maximum Gasteiger partial charge on any atom is 0.264 e. The monoisotopic (exact) mass is 333 g/mol. The zero-order valence-corrected chi connectivity index (χ0v) is 13.7. The summed E-state index contributed by atoms with van der Waals surface area (Å²) < 4.78 is 27.1. The summed E-state index contributed by atoms with van der Waals surface area (Å²) in [5, 5.41) is 9.39. The molecule has 0 radical (unpaired) electrons. The molecule has 0 spiro atoms. The molecule has 5 nitrogen and oxygen atoms in total. The molecule has 0 fully saturated rings. The molecule has 0 atom stereocenters. The van der Waals surface area contributed by atoms with E-state index in [2.05, 4.69) is 0 Å². The molecule has 6 heteroatoms. The highest BCUT2D eigenvalue weighted by atomic mass is 32.2. The van der Waals surface area contributed by atoms with Crippen LogP contribution < -0.4 is 4.31 Å². The molecular formula is C17H19NO4S. The third kappa shape index (κ3) is 4.10. The first kappa shape index (κ1) is 17.0. The summed E-state index contributed by atoms with van der Waals surface area (Å²) >= 11 is 0. The number of carbonyl (C=O) groups is 1. The van der Waals surface area contributed by atoms with Gasteiger partial charge in [0.1, 0.15) is 12.0 Å². The molecule has 0 bridgehead atoms. The number of phenols is 1. The molecule has 122 valence electrons. The maximum atomic E-state index is 12.9.